The Hall–Kier alpha value is -1.06. The van der Waals surface area contributed by atoms with Crippen molar-refractivity contribution in [2.24, 2.45) is 0 Å². The highest BCUT2D eigenvalue weighted by molar-refractivity contribution is 6.29. The molecule has 0 bridgehead atoms. The maximum atomic E-state index is 12.9. The van der Waals surface area contributed by atoms with Crippen LogP contribution in [0.25, 0.3) is 0 Å². The van der Waals surface area contributed by atoms with E-state index < -0.39 is 11.9 Å². The lowest BCUT2D eigenvalue weighted by Crippen LogP contribution is -2.02. The van der Waals surface area contributed by atoms with E-state index in [2.05, 4.69) is 6.58 Å². The SMILES string of the molecule is C=C(Cl)COc1cc(F)ccc1[C@H](C)O. The molecule has 0 saturated heterocycles. The number of hydrogen-bond donors (Lipinski definition) is 1. The topological polar surface area (TPSA) is 29.5 Å². The van der Waals surface area contributed by atoms with Crippen LogP contribution in [0.4, 0.5) is 4.39 Å². The Balaban J connectivity index is 2.91. The van der Waals surface area contributed by atoms with Gasteiger partial charge in [0.1, 0.15) is 18.2 Å². The molecule has 0 heterocycles. The summed E-state index contributed by atoms with van der Waals surface area (Å²) in [6, 6.07) is 3.96. The number of aliphatic hydroxyl groups is 1. The van der Waals surface area contributed by atoms with E-state index in [4.69, 9.17) is 16.3 Å². The fraction of sp³-hybridized carbons (Fsp3) is 0.273. The van der Waals surface area contributed by atoms with Crippen molar-refractivity contribution in [2.75, 3.05) is 6.61 Å². The molecule has 0 amide bonds. The fourth-order valence-corrected chi connectivity index (χ4v) is 1.19. The van der Waals surface area contributed by atoms with E-state index in [0.29, 0.717) is 10.6 Å². The fourth-order valence-electron chi connectivity index (χ4n) is 1.13. The van der Waals surface area contributed by atoms with E-state index in [1.807, 2.05) is 0 Å². The van der Waals surface area contributed by atoms with Gasteiger partial charge in [-0.25, -0.2) is 4.39 Å². The van der Waals surface area contributed by atoms with Crippen LogP contribution in [-0.4, -0.2) is 11.7 Å². The highest BCUT2D eigenvalue weighted by Gasteiger charge is 2.10. The van der Waals surface area contributed by atoms with E-state index >= 15 is 0 Å². The van der Waals surface area contributed by atoms with Gasteiger partial charge in [-0.15, -0.1) is 0 Å². The third kappa shape index (κ3) is 3.53. The van der Waals surface area contributed by atoms with Crippen molar-refractivity contribution in [3.63, 3.8) is 0 Å². The quantitative estimate of drug-likeness (QED) is 0.862. The Morgan fingerprint density at radius 2 is 2.33 bits per heavy atom. The first-order valence-electron chi connectivity index (χ1n) is 4.44. The first-order chi connectivity index (χ1) is 7.00. The number of halogens is 2. The molecule has 0 aliphatic heterocycles. The van der Waals surface area contributed by atoms with Crippen LogP contribution in [0.15, 0.2) is 29.8 Å². The third-order valence-corrected chi connectivity index (χ3v) is 1.92. The van der Waals surface area contributed by atoms with Crippen LogP contribution in [0.3, 0.4) is 0 Å². The van der Waals surface area contributed by atoms with E-state index in [9.17, 15) is 9.50 Å². The van der Waals surface area contributed by atoms with Gasteiger partial charge in [-0.1, -0.05) is 18.2 Å². The molecular weight excluding hydrogens is 219 g/mol. The van der Waals surface area contributed by atoms with Crippen LogP contribution >= 0.6 is 11.6 Å². The molecule has 82 valence electrons. The minimum Gasteiger partial charge on any atom is -0.488 e. The second-order valence-electron chi connectivity index (χ2n) is 3.16. The summed E-state index contributed by atoms with van der Waals surface area (Å²) in [7, 11) is 0. The van der Waals surface area contributed by atoms with Gasteiger partial charge in [0.2, 0.25) is 0 Å². The first kappa shape index (κ1) is 12.0. The van der Waals surface area contributed by atoms with Crippen molar-refractivity contribution in [3.8, 4) is 5.75 Å². The summed E-state index contributed by atoms with van der Waals surface area (Å²) in [4.78, 5) is 0. The molecule has 0 spiro atoms. The molecule has 0 radical (unpaired) electrons. The smallest absolute Gasteiger partial charge is 0.128 e. The lowest BCUT2D eigenvalue weighted by Gasteiger charge is -2.12. The molecule has 2 nitrogen and oxygen atoms in total. The molecule has 0 aliphatic carbocycles. The maximum absolute atomic E-state index is 12.9. The van der Waals surface area contributed by atoms with Crippen molar-refractivity contribution < 1.29 is 14.2 Å². The molecule has 0 saturated carbocycles. The molecule has 0 aromatic heterocycles. The van der Waals surface area contributed by atoms with Gasteiger partial charge in [-0.05, 0) is 19.1 Å². The highest BCUT2D eigenvalue weighted by Crippen LogP contribution is 2.26. The number of aliphatic hydroxyl groups excluding tert-OH is 1. The van der Waals surface area contributed by atoms with Gasteiger partial charge < -0.3 is 9.84 Å². The van der Waals surface area contributed by atoms with Crippen LogP contribution in [0.2, 0.25) is 0 Å². The molecule has 0 aliphatic rings. The molecule has 4 heteroatoms. The minimum absolute atomic E-state index is 0.0880. The monoisotopic (exact) mass is 230 g/mol. The van der Waals surface area contributed by atoms with Crippen LogP contribution in [0.5, 0.6) is 5.75 Å². The summed E-state index contributed by atoms with van der Waals surface area (Å²) in [6.45, 7) is 5.12. The summed E-state index contributed by atoms with van der Waals surface area (Å²) in [6.07, 6.45) is -0.718. The summed E-state index contributed by atoms with van der Waals surface area (Å²) in [5, 5.41) is 9.72. The van der Waals surface area contributed by atoms with E-state index in [0.717, 1.165) is 0 Å². The van der Waals surface area contributed by atoms with E-state index in [1.165, 1.54) is 18.2 Å². The predicted molar refractivity (Wildman–Crippen MR) is 57.5 cm³/mol. The summed E-state index contributed by atoms with van der Waals surface area (Å²) in [5.74, 6) is -0.138. The van der Waals surface area contributed by atoms with Crippen molar-refractivity contribution in [3.05, 3.63) is 41.2 Å². The Kier molecular flexibility index (Phi) is 4.12. The lowest BCUT2D eigenvalue weighted by atomic mass is 10.1. The molecule has 0 fully saturated rings. The average Bonchev–Trinajstić information content (AvgIpc) is 2.14. The zero-order valence-corrected chi connectivity index (χ0v) is 9.09. The summed E-state index contributed by atoms with van der Waals surface area (Å²) >= 11 is 5.52. The largest absolute Gasteiger partial charge is 0.488 e. The maximum Gasteiger partial charge on any atom is 0.128 e. The van der Waals surface area contributed by atoms with Crippen LogP contribution in [0, 0.1) is 5.82 Å². The van der Waals surface area contributed by atoms with Gasteiger partial charge in [0.25, 0.3) is 0 Å². The highest BCUT2D eigenvalue weighted by atomic mass is 35.5. The number of hydrogen-bond acceptors (Lipinski definition) is 2. The van der Waals surface area contributed by atoms with Crippen molar-refractivity contribution in [1.82, 2.24) is 0 Å². The Bertz CT molecular complexity index is 364. The first-order valence-corrected chi connectivity index (χ1v) is 4.82. The molecule has 1 rings (SSSR count). The van der Waals surface area contributed by atoms with Gasteiger partial charge in [0, 0.05) is 16.7 Å². The number of ether oxygens (including phenoxy) is 1. The summed E-state index contributed by atoms with van der Waals surface area (Å²) in [5.41, 5.74) is 0.523. The average molecular weight is 231 g/mol. The van der Waals surface area contributed by atoms with Gasteiger partial charge in [0.05, 0.1) is 6.10 Å². The minimum atomic E-state index is -0.718. The zero-order chi connectivity index (χ0) is 11.4. The predicted octanol–water partition coefficient (Wildman–Crippen LogP) is 3.01. The summed E-state index contributed by atoms with van der Waals surface area (Å²) < 4.78 is 18.1. The van der Waals surface area contributed by atoms with Gasteiger partial charge >= 0.3 is 0 Å². The molecule has 1 aromatic carbocycles. The third-order valence-electron chi connectivity index (χ3n) is 1.81. The second kappa shape index (κ2) is 5.14. The Morgan fingerprint density at radius 3 is 2.87 bits per heavy atom. The standard InChI is InChI=1S/C11H12ClFO2/c1-7(12)6-15-11-5-9(13)3-4-10(11)8(2)14/h3-5,8,14H,1,6H2,2H3/t8-/m0/s1. The number of rotatable bonds is 4. The molecule has 1 N–H and O–H groups in total. The van der Waals surface area contributed by atoms with E-state index in [1.54, 1.807) is 6.92 Å². The lowest BCUT2D eigenvalue weighted by molar-refractivity contribution is 0.192. The van der Waals surface area contributed by atoms with Gasteiger partial charge in [-0.3, -0.25) is 0 Å². The number of benzene rings is 1. The van der Waals surface area contributed by atoms with Gasteiger partial charge in [-0.2, -0.15) is 0 Å². The molecule has 1 atom stereocenters. The van der Waals surface area contributed by atoms with Crippen LogP contribution < -0.4 is 4.74 Å². The van der Waals surface area contributed by atoms with Crippen molar-refractivity contribution in [2.45, 2.75) is 13.0 Å². The molecule has 15 heavy (non-hydrogen) atoms. The molecular formula is C11H12ClFO2. The van der Waals surface area contributed by atoms with Crippen molar-refractivity contribution in [1.29, 1.82) is 0 Å². The Labute approximate surface area is 92.9 Å². The van der Waals surface area contributed by atoms with Crippen LogP contribution in [-0.2, 0) is 0 Å². The Morgan fingerprint density at radius 1 is 1.67 bits per heavy atom. The van der Waals surface area contributed by atoms with E-state index in [-0.39, 0.29) is 12.4 Å². The normalized spacial score (nSPS) is 12.3. The second-order valence-corrected chi connectivity index (χ2v) is 3.70. The van der Waals surface area contributed by atoms with Crippen molar-refractivity contribution >= 4 is 11.6 Å². The molecule has 1 aromatic rings. The van der Waals surface area contributed by atoms with Crippen LogP contribution in [0.1, 0.15) is 18.6 Å². The zero-order valence-electron chi connectivity index (χ0n) is 8.34. The molecule has 0 unspecified atom stereocenters. The van der Waals surface area contributed by atoms with Gasteiger partial charge in [0.15, 0.2) is 0 Å².